The number of Topliss-reactive ketones (excluding diaryl/α,β-unsaturated/α-hetero) is 1. The molecule has 0 aliphatic rings. The zero-order valence-corrected chi connectivity index (χ0v) is 26.5. The number of hydrogen-bond donors (Lipinski definition) is 2. The maximum Gasteiger partial charge on any atom is 0.304 e. The standard InChI is InChI=1S/C36H51N3O4/c1-4-7-12-31-27-32-26-30(33(40)17-20-37-21-18-34(41)42)19-25-39(32)35(31)36(43)29-15-13-28(14-16-29)11-10-24-38(22-8-5-2)23-9-6-3/h13-16,19,25-27,37H,4-12,17-18,20-24H2,1-3H3,(H,41,42). The van der Waals surface area contributed by atoms with Crippen molar-refractivity contribution in [2.75, 3.05) is 32.7 Å². The third kappa shape index (κ3) is 10.7. The van der Waals surface area contributed by atoms with Crippen LogP contribution in [0.4, 0.5) is 0 Å². The average Bonchev–Trinajstić information content (AvgIpc) is 3.38. The van der Waals surface area contributed by atoms with Gasteiger partial charge in [0.25, 0.3) is 0 Å². The van der Waals surface area contributed by atoms with Crippen molar-refractivity contribution in [1.29, 1.82) is 0 Å². The predicted molar refractivity (Wildman–Crippen MR) is 175 cm³/mol. The Morgan fingerprint density at radius 1 is 0.767 bits per heavy atom. The number of carbonyl (C=O) groups excluding carboxylic acids is 2. The molecule has 0 atom stereocenters. The lowest BCUT2D eigenvalue weighted by molar-refractivity contribution is -0.136. The highest BCUT2D eigenvalue weighted by Crippen LogP contribution is 2.24. The summed E-state index contributed by atoms with van der Waals surface area (Å²) >= 11 is 0. The van der Waals surface area contributed by atoms with Crippen LogP contribution in [-0.2, 0) is 17.6 Å². The Balaban J connectivity index is 1.70. The SMILES string of the molecule is CCCCc1cc2cc(C(=O)CCNCCC(=O)O)ccn2c1C(=O)c1ccc(CCCN(CCCC)CCCC)cc1. The van der Waals surface area contributed by atoms with Crippen LogP contribution in [-0.4, -0.2) is 64.7 Å². The van der Waals surface area contributed by atoms with Crippen LogP contribution in [0.5, 0.6) is 0 Å². The normalized spacial score (nSPS) is 11.4. The molecule has 0 aliphatic heterocycles. The molecular weight excluding hydrogens is 538 g/mol. The van der Waals surface area contributed by atoms with Gasteiger partial charge in [0, 0.05) is 42.4 Å². The number of ketones is 2. The number of carbonyl (C=O) groups is 3. The molecule has 3 aromatic rings. The number of nitrogens with one attached hydrogen (secondary N) is 1. The van der Waals surface area contributed by atoms with Crippen LogP contribution in [0.2, 0.25) is 0 Å². The molecule has 0 fully saturated rings. The van der Waals surface area contributed by atoms with E-state index in [0.29, 0.717) is 29.9 Å². The van der Waals surface area contributed by atoms with Gasteiger partial charge in [-0.25, -0.2) is 0 Å². The highest BCUT2D eigenvalue weighted by molar-refractivity contribution is 6.10. The Bertz CT molecular complexity index is 1300. The molecule has 234 valence electrons. The molecule has 0 bridgehead atoms. The van der Waals surface area contributed by atoms with Crippen LogP contribution in [0.25, 0.3) is 5.52 Å². The lowest BCUT2D eigenvalue weighted by atomic mass is 10.00. The van der Waals surface area contributed by atoms with Gasteiger partial charge >= 0.3 is 5.97 Å². The van der Waals surface area contributed by atoms with Crippen LogP contribution < -0.4 is 5.32 Å². The first-order chi connectivity index (χ1) is 20.9. The molecule has 2 N–H and O–H groups in total. The Kier molecular flexibility index (Phi) is 14.6. The first-order valence-electron chi connectivity index (χ1n) is 16.3. The molecule has 2 aromatic heterocycles. The van der Waals surface area contributed by atoms with E-state index >= 15 is 0 Å². The molecule has 0 radical (unpaired) electrons. The summed E-state index contributed by atoms with van der Waals surface area (Å²) in [6, 6.07) is 13.8. The zero-order valence-electron chi connectivity index (χ0n) is 26.5. The van der Waals surface area contributed by atoms with Crippen molar-refractivity contribution >= 4 is 23.1 Å². The van der Waals surface area contributed by atoms with Gasteiger partial charge in [0.2, 0.25) is 5.78 Å². The summed E-state index contributed by atoms with van der Waals surface area (Å²) in [4.78, 5) is 39.9. The van der Waals surface area contributed by atoms with Gasteiger partial charge in [0.1, 0.15) is 0 Å². The minimum Gasteiger partial charge on any atom is -0.481 e. The Morgan fingerprint density at radius 2 is 1.42 bits per heavy atom. The zero-order chi connectivity index (χ0) is 31.0. The first kappa shape index (κ1) is 34.2. The molecule has 0 spiro atoms. The van der Waals surface area contributed by atoms with E-state index in [1.807, 2.05) is 34.9 Å². The summed E-state index contributed by atoms with van der Waals surface area (Å²) in [6.45, 7) is 10.9. The fraction of sp³-hybridized carbons (Fsp3) is 0.528. The summed E-state index contributed by atoms with van der Waals surface area (Å²) in [5.74, 6) is -0.867. The second-order valence-corrected chi connectivity index (χ2v) is 11.6. The third-order valence-electron chi connectivity index (χ3n) is 8.04. The molecule has 7 heteroatoms. The highest BCUT2D eigenvalue weighted by Gasteiger charge is 2.20. The second kappa shape index (κ2) is 18.4. The van der Waals surface area contributed by atoms with Gasteiger partial charge in [-0.15, -0.1) is 0 Å². The molecule has 0 saturated heterocycles. The fourth-order valence-electron chi connectivity index (χ4n) is 5.45. The molecular formula is C36H51N3O4. The topological polar surface area (TPSA) is 91.1 Å². The molecule has 7 nitrogen and oxygen atoms in total. The number of carboxylic acids is 1. The molecule has 43 heavy (non-hydrogen) atoms. The minimum absolute atomic E-state index is 0.00432. The van der Waals surface area contributed by atoms with Crippen molar-refractivity contribution < 1.29 is 19.5 Å². The van der Waals surface area contributed by atoms with Crippen molar-refractivity contribution in [2.24, 2.45) is 0 Å². The lowest BCUT2D eigenvalue weighted by Crippen LogP contribution is -2.27. The quantitative estimate of drug-likeness (QED) is 0.0970. The van der Waals surface area contributed by atoms with Crippen LogP contribution >= 0.6 is 0 Å². The number of aryl methyl sites for hydroxylation is 2. The Hall–Kier alpha value is -3.29. The Labute approximate surface area is 257 Å². The second-order valence-electron chi connectivity index (χ2n) is 11.6. The van der Waals surface area contributed by atoms with Crippen molar-refractivity contribution in [2.45, 2.75) is 91.4 Å². The van der Waals surface area contributed by atoms with Gasteiger partial charge in [-0.3, -0.25) is 14.4 Å². The van der Waals surface area contributed by atoms with E-state index in [9.17, 15) is 14.4 Å². The number of rotatable bonds is 22. The summed E-state index contributed by atoms with van der Waals surface area (Å²) in [6.07, 6.45) is 12.0. The highest BCUT2D eigenvalue weighted by atomic mass is 16.4. The number of unbranched alkanes of at least 4 members (excludes halogenated alkanes) is 3. The maximum atomic E-state index is 13.8. The lowest BCUT2D eigenvalue weighted by Gasteiger charge is -2.21. The minimum atomic E-state index is -0.861. The number of carboxylic acid groups (broad SMARTS) is 1. The van der Waals surface area contributed by atoms with Crippen molar-refractivity contribution in [3.05, 3.63) is 76.6 Å². The van der Waals surface area contributed by atoms with E-state index < -0.39 is 5.97 Å². The fourth-order valence-corrected chi connectivity index (χ4v) is 5.45. The van der Waals surface area contributed by atoms with Crippen molar-refractivity contribution in [3.63, 3.8) is 0 Å². The van der Waals surface area contributed by atoms with Gasteiger partial charge in [0.05, 0.1) is 12.1 Å². The summed E-state index contributed by atoms with van der Waals surface area (Å²) in [5.41, 5.74) is 5.06. The summed E-state index contributed by atoms with van der Waals surface area (Å²) in [7, 11) is 0. The molecule has 1 aromatic carbocycles. The number of benzene rings is 1. The molecule has 0 unspecified atom stereocenters. The number of hydrogen-bond acceptors (Lipinski definition) is 5. The maximum absolute atomic E-state index is 13.8. The smallest absolute Gasteiger partial charge is 0.304 e. The molecule has 0 saturated carbocycles. The van der Waals surface area contributed by atoms with Crippen molar-refractivity contribution in [3.8, 4) is 0 Å². The van der Waals surface area contributed by atoms with Gasteiger partial charge < -0.3 is 19.7 Å². The monoisotopic (exact) mass is 589 g/mol. The van der Waals surface area contributed by atoms with E-state index in [1.165, 1.54) is 44.3 Å². The van der Waals surface area contributed by atoms with Gasteiger partial charge in [0.15, 0.2) is 5.78 Å². The van der Waals surface area contributed by atoms with Crippen LogP contribution in [0.15, 0.2) is 48.7 Å². The summed E-state index contributed by atoms with van der Waals surface area (Å²) < 4.78 is 1.92. The van der Waals surface area contributed by atoms with E-state index in [-0.39, 0.29) is 24.4 Å². The van der Waals surface area contributed by atoms with E-state index in [1.54, 1.807) is 6.07 Å². The predicted octanol–water partition coefficient (Wildman–Crippen LogP) is 6.98. The number of fused-ring (bicyclic) bond motifs is 1. The molecule has 0 aliphatic carbocycles. The van der Waals surface area contributed by atoms with Gasteiger partial charge in [-0.2, -0.15) is 0 Å². The Morgan fingerprint density at radius 3 is 2.07 bits per heavy atom. The van der Waals surface area contributed by atoms with Crippen LogP contribution in [0.1, 0.15) is 116 Å². The number of aromatic nitrogens is 1. The van der Waals surface area contributed by atoms with Crippen LogP contribution in [0.3, 0.4) is 0 Å². The van der Waals surface area contributed by atoms with E-state index in [2.05, 4.69) is 43.1 Å². The largest absolute Gasteiger partial charge is 0.481 e. The number of nitrogens with zero attached hydrogens (tertiary/aromatic N) is 2. The van der Waals surface area contributed by atoms with Crippen molar-refractivity contribution in [1.82, 2.24) is 14.6 Å². The molecule has 2 heterocycles. The van der Waals surface area contributed by atoms with Gasteiger partial charge in [-0.05, 0) is 87.5 Å². The van der Waals surface area contributed by atoms with Crippen LogP contribution in [0, 0.1) is 0 Å². The molecule has 0 amide bonds. The van der Waals surface area contributed by atoms with Gasteiger partial charge in [-0.1, -0.05) is 64.3 Å². The van der Waals surface area contributed by atoms with E-state index in [0.717, 1.165) is 49.7 Å². The first-order valence-corrected chi connectivity index (χ1v) is 16.3. The number of pyridine rings is 1. The number of aliphatic carboxylic acids is 1. The third-order valence-corrected chi connectivity index (χ3v) is 8.04. The molecule has 3 rings (SSSR count). The van der Waals surface area contributed by atoms with E-state index in [4.69, 9.17) is 5.11 Å². The average molecular weight is 590 g/mol. The summed E-state index contributed by atoms with van der Waals surface area (Å²) in [5, 5.41) is 11.8.